The highest BCUT2D eigenvalue weighted by molar-refractivity contribution is 5.78. The van der Waals surface area contributed by atoms with Gasteiger partial charge >= 0.3 is 0 Å². The highest BCUT2D eigenvalue weighted by atomic mass is 16.5. The molecule has 3 heteroatoms. The van der Waals surface area contributed by atoms with Gasteiger partial charge in [-0.25, -0.2) is 0 Å². The van der Waals surface area contributed by atoms with E-state index in [0.717, 1.165) is 12.8 Å². The molecule has 0 N–H and O–H groups in total. The predicted molar refractivity (Wildman–Crippen MR) is 75.8 cm³/mol. The van der Waals surface area contributed by atoms with Crippen molar-refractivity contribution in [1.82, 2.24) is 4.90 Å². The zero-order valence-electron chi connectivity index (χ0n) is 12.1. The average molecular weight is 261 g/mol. The Kier molecular flexibility index (Phi) is 4.59. The molecular weight excluding hydrogens is 238 g/mol. The second-order valence-electron chi connectivity index (χ2n) is 5.60. The fraction of sp³-hybridized carbons (Fsp3) is 0.562. The standard InChI is InChI=1S/C16H23NO2/c1-12(2)19-11-16(18)17(15-8-9-15)10-14-6-4-13(3)5-7-14/h4-7,12,15H,8-11H2,1-3H3. The van der Waals surface area contributed by atoms with Gasteiger partial charge in [0.15, 0.2) is 0 Å². The molecular formula is C16H23NO2. The fourth-order valence-electron chi connectivity index (χ4n) is 2.02. The third kappa shape index (κ3) is 4.35. The SMILES string of the molecule is Cc1ccc(CN(C(=O)COC(C)C)C2CC2)cc1. The molecule has 0 unspecified atom stereocenters. The maximum Gasteiger partial charge on any atom is 0.249 e. The van der Waals surface area contributed by atoms with Gasteiger partial charge in [-0.1, -0.05) is 29.8 Å². The molecule has 0 bridgehead atoms. The van der Waals surface area contributed by atoms with Crippen LogP contribution < -0.4 is 0 Å². The molecule has 0 atom stereocenters. The van der Waals surface area contributed by atoms with Crippen molar-refractivity contribution in [3.63, 3.8) is 0 Å². The first-order valence-corrected chi connectivity index (χ1v) is 7.03. The Morgan fingerprint density at radius 3 is 2.47 bits per heavy atom. The summed E-state index contributed by atoms with van der Waals surface area (Å²) in [5.41, 5.74) is 2.44. The summed E-state index contributed by atoms with van der Waals surface area (Å²) in [5, 5.41) is 0. The van der Waals surface area contributed by atoms with Crippen LogP contribution in [-0.2, 0) is 16.1 Å². The molecule has 104 valence electrons. The Morgan fingerprint density at radius 2 is 1.95 bits per heavy atom. The lowest BCUT2D eigenvalue weighted by Gasteiger charge is -2.23. The zero-order chi connectivity index (χ0) is 13.8. The van der Waals surface area contributed by atoms with Gasteiger partial charge in [0.1, 0.15) is 6.61 Å². The lowest BCUT2D eigenvalue weighted by molar-refractivity contribution is -0.138. The Bertz CT molecular complexity index is 421. The van der Waals surface area contributed by atoms with Crippen molar-refractivity contribution in [2.75, 3.05) is 6.61 Å². The molecule has 0 aromatic heterocycles. The molecule has 1 aliphatic rings. The molecule has 0 aliphatic heterocycles. The first kappa shape index (κ1) is 14.1. The molecule has 0 radical (unpaired) electrons. The van der Waals surface area contributed by atoms with Crippen LogP contribution in [0.25, 0.3) is 0 Å². The van der Waals surface area contributed by atoms with Crippen LogP contribution in [0.4, 0.5) is 0 Å². The third-order valence-electron chi connectivity index (χ3n) is 3.32. The Labute approximate surface area is 115 Å². The largest absolute Gasteiger partial charge is 0.369 e. The number of aryl methyl sites for hydroxylation is 1. The molecule has 1 saturated carbocycles. The number of nitrogens with zero attached hydrogens (tertiary/aromatic N) is 1. The molecule has 1 aliphatic carbocycles. The molecule has 1 aromatic rings. The monoisotopic (exact) mass is 261 g/mol. The number of rotatable bonds is 6. The lowest BCUT2D eigenvalue weighted by Crippen LogP contribution is -2.36. The summed E-state index contributed by atoms with van der Waals surface area (Å²) >= 11 is 0. The van der Waals surface area contributed by atoms with E-state index in [2.05, 4.69) is 31.2 Å². The van der Waals surface area contributed by atoms with Crippen LogP contribution in [0.1, 0.15) is 37.8 Å². The number of ether oxygens (including phenoxy) is 1. The van der Waals surface area contributed by atoms with E-state index in [4.69, 9.17) is 4.74 Å². The van der Waals surface area contributed by atoms with Crippen LogP contribution in [0, 0.1) is 6.92 Å². The van der Waals surface area contributed by atoms with Gasteiger partial charge in [0.2, 0.25) is 5.91 Å². The second-order valence-corrected chi connectivity index (χ2v) is 5.60. The molecule has 2 rings (SSSR count). The molecule has 1 amide bonds. The normalized spacial score (nSPS) is 14.7. The Balaban J connectivity index is 1.96. The van der Waals surface area contributed by atoms with Crippen molar-refractivity contribution < 1.29 is 9.53 Å². The minimum atomic E-state index is 0.101. The van der Waals surface area contributed by atoms with E-state index in [-0.39, 0.29) is 18.6 Å². The summed E-state index contributed by atoms with van der Waals surface area (Å²) in [5.74, 6) is 0.108. The third-order valence-corrected chi connectivity index (χ3v) is 3.32. The minimum Gasteiger partial charge on any atom is -0.369 e. The summed E-state index contributed by atoms with van der Waals surface area (Å²) in [6.07, 6.45) is 2.35. The highest BCUT2D eigenvalue weighted by Crippen LogP contribution is 2.28. The van der Waals surface area contributed by atoms with Crippen molar-refractivity contribution in [1.29, 1.82) is 0 Å². The Morgan fingerprint density at radius 1 is 1.32 bits per heavy atom. The van der Waals surface area contributed by atoms with Crippen molar-refractivity contribution in [2.24, 2.45) is 0 Å². The highest BCUT2D eigenvalue weighted by Gasteiger charge is 2.32. The summed E-state index contributed by atoms with van der Waals surface area (Å²) < 4.78 is 5.43. The van der Waals surface area contributed by atoms with Crippen LogP contribution in [0.5, 0.6) is 0 Å². The summed E-state index contributed by atoms with van der Waals surface area (Å²) in [6.45, 7) is 6.87. The van der Waals surface area contributed by atoms with Crippen molar-refractivity contribution in [3.8, 4) is 0 Å². The molecule has 0 saturated heterocycles. The fourth-order valence-corrected chi connectivity index (χ4v) is 2.02. The van der Waals surface area contributed by atoms with Crippen molar-refractivity contribution >= 4 is 5.91 Å². The second kappa shape index (κ2) is 6.20. The molecule has 19 heavy (non-hydrogen) atoms. The van der Waals surface area contributed by atoms with Gasteiger partial charge in [-0.05, 0) is 39.2 Å². The minimum absolute atomic E-state index is 0.101. The number of benzene rings is 1. The van der Waals surface area contributed by atoms with E-state index in [1.807, 2.05) is 18.7 Å². The first-order chi connectivity index (χ1) is 9.06. The Hall–Kier alpha value is -1.35. The lowest BCUT2D eigenvalue weighted by atomic mass is 10.1. The average Bonchev–Trinajstić information content (AvgIpc) is 3.19. The number of carbonyl (C=O) groups is 1. The molecule has 0 spiro atoms. The molecule has 0 heterocycles. The van der Waals surface area contributed by atoms with Gasteiger partial charge in [0.05, 0.1) is 6.10 Å². The van der Waals surface area contributed by atoms with E-state index in [1.54, 1.807) is 0 Å². The van der Waals surface area contributed by atoms with Crippen LogP contribution in [0.15, 0.2) is 24.3 Å². The molecule has 1 aromatic carbocycles. The van der Waals surface area contributed by atoms with E-state index >= 15 is 0 Å². The van der Waals surface area contributed by atoms with Gasteiger partial charge in [-0.2, -0.15) is 0 Å². The molecule has 3 nitrogen and oxygen atoms in total. The zero-order valence-corrected chi connectivity index (χ0v) is 12.1. The van der Waals surface area contributed by atoms with E-state index in [9.17, 15) is 4.79 Å². The smallest absolute Gasteiger partial charge is 0.249 e. The van der Waals surface area contributed by atoms with Gasteiger partial charge < -0.3 is 9.64 Å². The van der Waals surface area contributed by atoms with Crippen LogP contribution in [0.2, 0.25) is 0 Å². The topological polar surface area (TPSA) is 29.5 Å². The molecule has 1 fully saturated rings. The summed E-state index contributed by atoms with van der Waals surface area (Å²) in [7, 11) is 0. The quantitative estimate of drug-likeness (QED) is 0.788. The number of hydrogen-bond donors (Lipinski definition) is 0. The summed E-state index contributed by atoms with van der Waals surface area (Å²) in [6, 6.07) is 8.80. The van der Waals surface area contributed by atoms with Gasteiger partial charge in [-0.15, -0.1) is 0 Å². The maximum absolute atomic E-state index is 12.2. The van der Waals surface area contributed by atoms with E-state index in [0.29, 0.717) is 12.6 Å². The maximum atomic E-state index is 12.2. The summed E-state index contributed by atoms with van der Waals surface area (Å²) in [4.78, 5) is 14.2. The van der Waals surface area contributed by atoms with Gasteiger partial charge in [0.25, 0.3) is 0 Å². The number of amides is 1. The predicted octanol–water partition coefficient (Wildman–Crippen LogP) is 2.91. The van der Waals surface area contributed by atoms with Crippen molar-refractivity contribution in [3.05, 3.63) is 35.4 Å². The van der Waals surface area contributed by atoms with Gasteiger partial charge in [0, 0.05) is 12.6 Å². The first-order valence-electron chi connectivity index (χ1n) is 7.03. The van der Waals surface area contributed by atoms with Crippen molar-refractivity contribution in [2.45, 2.75) is 52.3 Å². The van der Waals surface area contributed by atoms with E-state index in [1.165, 1.54) is 11.1 Å². The van der Waals surface area contributed by atoms with Crippen LogP contribution >= 0.6 is 0 Å². The van der Waals surface area contributed by atoms with Crippen LogP contribution in [0.3, 0.4) is 0 Å². The number of hydrogen-bond acceptors (Lipinski definition) is 2. The van der Waals surface area contributed by atoms with Gasteiger partial charge in [-0.3, -0.25) is 4.79 Å². The number of carbonyl (C=O) groups excluding carboxylic acids is 1. The van der Waals surface area contributed by atoms with Crippen LogP contribution in [-0.4, -0.2) is 29.6 Å². The van der Waals surface area contributed by atoms with E-state index < -0.39 is 0 Å².